The highest BCUT2D eigenvalue weighted by Gasteiger charge is 2.05. The highest BCUT2D eigenvalue weighted by Crippen LogP contribution is 1.95. The third-order valence-corrected chi connectivity index (χ3v) is 1.33. The number of hydrogen-bond acceptors (Lipinski definition) is 2. The Labute approximate surface area is 57.4 Å². The van der Waals surface area contributed by atoms with Gasteiger partial charge in [-0.2, -0.15) is 0 Å². The van der Waals surface area contributed by atoms with E-state index in [1.54, 1.807) is 0 Å². The largest absolute Gasteiger partial charge is 0.377 e. The summed E-state index contributed by atoms with van der Waals surface area (Å²) in [5.41, 5.74) is 5.55. The molecule has 0 aromatic carbocycles. The van der Waals surface area contributed by atoms with E-state index in [0.717, 1.165) is 13.0 Å². The molecule has 2 atom stereocenters. The van der Waals surface area contributed by atoms with E-state index in [4.69, 9.17) is 10.5 Å². The van der Waals surface area contributed by atoms with Crippen LogP contribution in [0.5, 0.6) is 0 Å². The third-order valence-electron chi connectivity index (χ3n) is 1.33. The topological polar surface area (TPSA) is 35.2 Å². The molecule has 0 aliphatic rings. The van der Waals surface area contributed by atoms with Crippen molar-refractivity contribution >= 4 is 0 Å². The molecular weight excluding hydrogens is 114 g/mol. The van der Waals surface area contributed by atoms with Gasteiger partial charge in [0, 0.05) is 12.6 Å². The Morgan fingerprint density at radius 1 is 1.44 bits per heavy atom. The average Bonchev–Trinajstić information content (AvgIpc) is 1.82. The van der Waals surface area contributed by atoms with Crippen LogP contribution in [0.25, 0.3) is 0 Å². The number of hydrogen-bond donors (Lipinski definition) is 1. The van der Waals surface area contributed by atoms with E-state index < -0.39 is 0 Å². The van der Waals surface area contributed by atoms with E-state index >= 15 is 0 Å². The molecule has 0 rings (SSSR count). The van der Waals surface area contributed by atoms with Gasteiger partial charge in [0.15, 0.2) is 0 Å². The molecule has 2 N–H and O–H groups in total. The predicted molar refractivity (Wildman–Crippen MR) is 39.4 cm³/mol. The van der Waals surface area contributed by atoms with E-state index in [1.165, 1.54) is 0 Å². The van der Waals surface area contributed by atoms with Crippen LogP contribution in [-0.4, -0.2) is 18.8 Å². The van der Waals surface area contributed by atoms with Crippen LogP contribution in [0, 0.1) is 0 Å². The molecule has 0 saturated carbocycles. The zero-order valence-electron chi connectivity index (χ0n) is 6.55. The Hall–Kier alpha value is -0.0800. The Morgan fingerprint density at radius 3 is 2.33 bits per heavy atom. The molecule has 2 nitrogen and oxygen atoms in total. The first-order valence-corrected chi connectivity index (χ1v) is 3.55. The van der Waals surface area contributed by atoms with Crippen LogP contribution in [0.4, 0.5) is 0 Å². The van der Waals surface area contributed by atoms with Crippen molar-refractivity contribution in [2.75, 3.05) is 6.61 Å². The minimum Gasteiger partial charge on any atom is -0.377 e. The maximum absolute atomic E-state index is 5.55. The van der Waals surface area contributed by atoms with Gasteiger partial charge in [0.2, 0.25) is 0 Å². The number of rotatable bonds is 4. The van der Waals surface area contributed by atoms with Gasteiger partial charge in [-0.15, -0.1) is 0 Å². The van der Waals surface area contributed by atoms with E-state index in [-0.39, 0.29) is 12.1 Å². The monoisotopic (exact) mass is 131 g/mol. The Balaban J connectivity index is 3.16. The summed E-state index contributed by atoms with van der Waals surface area (Å²) in [4.78, 5) is 0. The van der Waals surface area contributed by atoms with Crippen molar-refractivity contribution in [3.8, 4) is 0 Å². The van der Waals surface area contributed by atoms with Crippen LogP contribution >= 0.6 is 0 Å². The Bertz CT molecular complexity index is 63.9. The van der Waals surface area contributed by atoms with Gasteiger partial charge in [-0.05, 0) is 20.3 Å². The summed E-state index contributed by atoms with van der Waals surface area (Å²) in [6, 6.07) is 0.150. The van der Waals surface area contributed by atoms with Crippen molar-refractivity contribution in [1.29, 1.82) is 0 Å². The van der Waals surface area contributed by atoms with Gasteiger partial charge in [0.25, 0.3) is 0 Å². The molecule has 9 heavy (non-hydrogen) atoms. The van der Waals surface area contributed by atoms with Gasteiger partial charge in [-0.25, -0.2) is 0 Å². The van der Waals surface area contributed by atoms with Crippen LogP contribution in [0.2, 0.25) is 0 Å². The maximum atomic E-state index is 5.55. The first kappa shape index (κ1) is 8.92. The molecule has 0 fully saturated rings. The summed E-state index contributed by atoms with van der Waals surface area (Å²) in [7, 11) is 0. The lowest BCUT2D eigenvalue weighted by molar-refractivity contribution is 0.0527. The van der Waals surface area contributed by atoms with Crippen LogP contribution in [-0.2, 0) is 4.74 Å². The van der Waals surface area contributed by atoms with Crippen molar-refractivity contribution in [1.82, 2.24) is 0 Å². The van der Waals surface area contributed by atoms with E-state index in [2.05, 4.69) is 6.92 Å². The molecule has 0 heterocycles. The van der Waals surface area contributed by atoms with Gasteiger partial charge >= 0.3 is 0 Å². The molecule has 0 aliphatic heterocycles. The SMILES string of the molecule is CCCOC(C)C(C)N. The molecule has 0 spiro atoms. The minimum absolute atomic E-state index is 0.150. The standard InChI is InChI=1S/C7H17NO/c1-4-5-9-7(3)6(2)8/h6-7H,4-5,8H2,1-3H3. The minimum atomic E-state index is 0.150. The van der Waals surface area contributed by atoms with Gasteiger partial charge < -0.3 is 10.5 Å². The molecule has 0 saturated heterocycles. The molecule has 0 amide bonds. The predicted octanol–water partition coefficient (Wildman–Crippen LogP) is 1.15. The normalized spacial score (nSPS) is 17.3. The molecule has 2 heteroatoms. The molecule has 0 bridgehead atoms. The first-order valence-electron chi connectivity index (χ1n) is 3.55. The zero-order chi connectivity index (χ0) is 7.28. The van der Waals surface area contributed by atoms with Crippen molar-refractivity contribution in [3.05, 3.63) is 0 Å². The fraction of sp³-hybridized carbons (Fsp3) is 1.00. The van der Waals surface area contributed by atoms with E-state index in [1.807, 2.05) is 13.8 Å². The van der Waals surface area contributed by atoms with Gasteiger partial charge in [-0.1, -0.05) is 6.92 Å². The summed E-state index contributed by atoms with van der Waals surface area (Å²) in [6.07, 6.45) is 1.27. The molecule has 2 unspecified atom stereocenters. The molecule has 0 aromatic heterocycles. The molecular formula is C7H17NO. The highest BCUT2D eigenvalue weighted by atomic mass is 16.5. The lowest BCUT2D eigenvalue weighted by atomic mass is 10.2. The van der Waals surface area contributed by atoms with Crippen LogP contribution in [0.3, 0.4) is 0 Å². The van der Waals surface area contributed by atoms with Crippen molar-refractivity contribution in [2.45, 2.75) is 39.3 Å². The lowest BCUT2D eigenvalue weighted by Gasteiger charge is -2.15. The van der Waals surface area contributed by atoms with Gasteiger partial charge in [0.1, 0.15) is 0 Å². The Kier molecular flexibility index (Phi) is 4.72. The van der Waals surface area contributed by atoms with Crippen LogP contribution in [0.15, 0.2) is 0 Å². The number of ether oxygens (including phenoxy) is 1. The maximum Gasteiger partial charge on any atom is 0.0695 e. The fourth-order valence-corrected chi connectivity index (χ4v) is 0.456. The summed E-state index contributed by atoms with van der Waals surface area (Å²) >= 11 is 0. The summed E-state index contributed by atoms with van der Waals surface area (Å²) in [5, 5.41) is 0. The first-order chi connectivity index (χ1) is 4.18. The van der Waals surface area contributed by atoms with Gasteiger partial charge in [-0.3, -0.25) is 0 Å². The van der Waals surface area contributed by atoms with E-state index in [0.29, 0.717) is 0 Å². The number of nitrogens with two attached hydrogens (primary N) is 1. The highest BCUT2D eigenvalue weighted by molar-refractivity contribution is 4.61. The second kappa shape index (κ2) is 4.77. The lowest BCUT2D eigenvalue weighted by Crippen LogP contribution is -2.31. The molecule has 56 valence electrons. The second-order valence-corrected chi connectivity index (χ2v) is 2.44. The van der Waals surface area contributed by atoms with Crippen molar-refractivity contribution in [2.24, 2.45) is 5.73 Å². The molecule has 0 radical (unpaired) electrons. The summed E-state index contributed by atoms with van der Waals surface area (Å²) in [5.74, 6) is 0. The van der Waals surface area contributed by atoms with E-state index in [9.17, 15) is 0 Å². The van der Waals surface area contributed by atoms with Crippen molar-refractivity contribution < 1.29 is 4.74 Å². The average molecular weight is 131 g/mol. The van der Waals surface area contributed by atoms with Crippen LogP contribution in [0.1, 0.15) is 27.2 Å². The molecule has 0 aromatic rings. The molecule has 0 aliphatic carbocycles. The van der Waals surface area contributed by atoms with Crippen molar-refractivity contribution in [3.63, 3.8) is 0 Å². The third kappa shape index (κ3) is 4.43. The van der Waals surface area contributed by atoms with Crippen LogP contribution < -0.4 is 5.73 Å². The second-order valence-electron chi connectivity index (χ2n) is 2.44. The fourth-order valence-electron chi connectivity index (χ4n) is 0.456. The zero-order valence-corrected chi connectivity index (χ0v) is 6.55. The smallest absolute Gasteiger partial charge is 0.0695 e. The summed E-state index contributed by atoms with van der Waals surface area (Å²) < 4.78 is 5.33. The quantitative estimate of drug-likeness (QED) is 0.621. The van der Waals surface area contributed by atoms with Gasteiger partial charge in [0.05, 0.1) is 6.10 Å². The summed E-state index contributed by atoms with van der Waals surface area (Å²) in [6.45, 7) is 6.87. The Morgan fingerprint density at radius 2 is 2.00 bits per heavy atom.